The van der Waals surface area contributed by atoms with E-state index in [1.54, 1.807) is 13.0 Å². The Balaban J connectivity index is 2.53. The summed E-state index contributed by atoms with van der Waals surface area (Å²) in [7, 11) is 0. The molecule has 1 heterocycles. The molecular weight excluding hydrogens is 324 g/mol. The van der Waals surface area contributed by atoms with Crippen LogP contribution in [0.5, 0.6) is 11.6 Å². The van der Waals surface area contributed by atoms with Gasteiger partial charge in [0.2, 0.25) is 5.88 Å². The molecule has 0 saturated heterocycles. The lowest BCUT2D eigenvalue weighted by atomic mass is 10.1. The molecule has 3 N–H and O–H groups in total. The van der Waals surface area contributed by atoms with Gasteiger partial charge in [0.05, 0.1) is 15.7 Å². The Kier molecular flexibility index (Phi) is 4.19. The monoisotopic (exact) mass is 336 g/mol. The highest BCUT2D eigenvalue weighted by Crippen LogP contribution is 2.31. The van der Waals surface area contributed by atoms with Crippen molar-refractivity contribution in [3.05, 3.63) is 45.6 Å². The number of nitrogens with two attached hydrogens (primary N) is 1. The van der Waals surface area contributed by atoms with E-state index in [1.165, 1.54) is 0 Å². The number of hydrogen-bond acceptors (Lipinski definition) is 5. The van der Waals surface area contributed by atoms with Gasteiger partial charge in [-0.2, -0.15) is 5.10 Å². The number of aromatic nitrogens is 2. The number of oxime groups is 1. The molecular formula is C13H13BrN4O2. The van der Waals surface area contributed by atoms with E-state index in [-0.39, 0.29) is 11.7 Å². The number of rotatable bonds is 3. The second-order valence-electron chi connectivity index (χ2n) is 4.11. The third-order valence-corrected chi connectivity index (χ3v) is 3.48. The summed E-state index contributed by atoms with van der Waals surface area (Å²) in [6.45, 7) is 3.60. The van der Waals surface area contributed by atoms with E-state index in [4.69, 9.17) is 15.7 Å². The van der Waals surface area contributed by atoms with Crippen LogP contribution in [0.4, 0.5) is 0 Å². The maximum Gasteiger partial charge on any atom is 0.250 e. The van der Waals surface area contributed by atoms with Gasteiger partial charge in [0.1, 0.15) is 5.75 Å². The maximum atomic E-state index is 8.90. The third kappa shape index (κ3) is 2.72. The molecule has 1 aromatic carbocycles. The lowest BCUT2D eigenvalue weighted by Crippen LogP contribution is -2.18. The summed E-state index contributed by atoms with van der Waals surface area (Å²) < 4.78 is 6.48. The predicted molar refractivity (Wildman–Crippen MR) is 78.2 cm³/mol. The molecule has 2 rings (SSSR count). The standard InChI is InChI=1S/C13H13BrN4O2/c1-7-8(2)16-17-13(11(7)12(15)18-19)20-10-6-4-3-5-9(10)14/h3-6,19H,1-2H3,(H2,15,18). The van der Waals surface area contributed by atoms with E-state index >= 15 is 0 Å². The van der Waals surface area contributed by atoms with Gasteiger partial charge in [-0.1, -0.05) is 17.3 Å². The summed E-state index contributed by atoms with van der Waals surface area (Å²) in [6.07, 6.45) is 0. The molecule has 6 nitrogen and oxygen atoms in total. The van der Waals surface area contributed by atoms with Crippen LogP contribution in [0.25, 0.3) is 0 Å². The van der Waals surface area contributed by atoms with Crippen molar-refractivity contribution in [2.24, 2.45) is 10.9 Å². The number of benzene rings is 1. The fourth-order valence-corrected chi connectivity index (χ4v) is 2.01. The normalized spacial score (nSPS) is 11.4. The Morgan fingerprint density at radius 3 is 2.65 bits per heavy atom. The second kappa shape index (κ2) is 5.87. The van der Waals surface area contributed by atoms with Gasteiger partial charge < -0.3 is 15.7 Å². The van der Waals surface area contributed by atoms with Gasteiger partial charge in [-0.3, -0.25) is 0 Å². The minimum absolute atomic E-state index is 0.0671. The first kappa shape index (κ1) is 14.3. The molecule has 0 atom stereocenters. The van der Waals surface area contributed by atoms with Crippen LogP contribution >= 0.6 is 15.9 Å². The zero-order chi connectivity index (χ0) is 14.7. The molecule has 1 aromatic heterocycles. The smallest absolute Gasteiger partial charge is 0.250 e. The van der Waals surface area contributed by atoms with E-state index in [0.29, 0.717) is 17.0 Å². The molecule has 0 amide bonds. The molecule has 0 spiro atoms. The molecule has 7 heteroatoms. The molecule has 0 bridgehead atoms. The Morgan fingerprint density at radius 1 is 1.30 bits per heavy atom. The van der Waals surface area contributed by atoms with Crippen LogP contribution in [0.1, 0.15) is 16.8 Å². The zero-order valence-electron chi connectivity index (χ0n) is 11.0. The number of halogens is 1. The largest absolute Gasteiger partial charge is 0.436 e. The summed E-state index contributed by atoms with van der Waals surface area (Å²) in [5.41, 5.74) is 7.56. The molecule has 2 aromatic rings. The Hall–Kier alpha value is -2.15. The SMILES string of the molecule is Cc1nnc(Oc2ccccc2Br)c(/C(N)=N/O)c1C. The summed E-state index contributed by atoms with van der Waals surface area (Å²) in [4.78, 5) is 0. The summed E-state index contributed by atoms with van der Waals surface area (Å²) in [5, 5.41) is 19.9. The van der Waals surface area contributed by atoms with Gasteiger partial charge in [0, 0.05) is 0 Å². The van der Waals surface area contributed by atoms with Crippen LogP contribution in [-0.4, -0.2) is 21.2 Å². The van der Waals surface area contributed by atoms with E-state index in [2.05, 4.69) is 31.3 Å². The van der Waals surface area contributed by atoms with Crippen LogP contribution in [0.3, 0.4) is 0 Å². The average Bonchev–Trinajstić information content (AvgIpc) is 2.45. The lowest BCUT2D eigenvalue weighted by molar-refractivity contribution is 0.318. The van der Waals surface area contributed by atoms with E-state index in [9.17, 15) is 0 Å². The highest BCUT2D eigenvalue weighted by Gasteiger charge is 2.17. The number of amidine groups is 1. The van der Waals surface area contributed by atoms with Crippen molar-refractivity contribution in [3.8, 4) is 11.6 Å². The topological polar surface area (TPSA) is 93.6 Å². The minimum Gasteiger partial charge on any atom is -0.436 e. The van der Waals surface area contributed by atoms with Crippen LogP contribution in [0.2, 0.25) is 0 Å². The first-order chi connectivity index (χ1) is 9.54. The van der Waals surface area contributed by atoms with Crippen molar-refractivity contribution in [1.82, 2.24) is 10.2 Å². The van der Waals surface area contributed by atoms with Crippen molar-refractivity contribution in [2.75, 3.05) is 0 Å². The molecule has 0 saturated carbocycles. The number of hydrogen-bond donors (Lipinski definition) is 2. The van der Waals surface area contributed by atoms with Gasteiger partial charge >= 0.3 is 0 Å². The van der Waals surface area contributed by atoms with E-state index in [0.717, 1.165) is 10.0 Å². The van der Waals surface area contributed by atoms with Crippen molar-refractivity contribution >= 4 is 21.8 Å². The Labute approximate surface area is 124 Å². The molecule has 0 radical (unpaired) electrons. The number of ether oxygens (including phenoxy) is 1. The molecule has 0 aliphatic rings. The predicted octanol–water partition coefficient (Wildman–Crippen LogP) is 2.74. The van der Waals surface area contributed by atoms with Gasteiger partial charge in [0.25, 0.3) is 0 Å². The highest BCUT2D eigenvalue weighted by molar-refractivity contribution is 9.10. The summed E-state index contributed by atoms with van der Waals surface area (Å²) in [6, 6.07) is 7.31. The highest BCUT2D eigenvalue weighted by atomic mass is 79.9. The van der Waals surface area contributed by atoms with Gasteiger partial charge in [-0.25, -0.2) is 0 Å². The number of aryl methyl sites for hydroxylation is 1. The molecule has 0 aliphatic carbocycles. The average molecular weight is 337 g/mol. The van der Waals surface area contributed by atoms with Crippen molar-refractivity contribution in [1.29, 1.82) is 0 Å². The fraction of sp³-hybridized carbons (Fsp3) is 0.154. The van der Waals surface area contributed by atoms with Gasteiger partial charge in [-0.15, -0.1) is 5.10 Å². The molecule has 0 aliphatic heterocycles. The Bertz CT molecular complexity index is 673. The van der Waals surface area contributed by atoms with Gasteiger partial charge in [-0.05, 0) is 47.5 Å². The molecule has 0 unspecified atom stereocenters. The van der Waals surface area contributed by atoms with Crippen LogP contribution in [0, 0.1) is 13.8 Å². The Morgan fingerprint density at radius 2 is 2.00 bits per heavy atom. The number of nitrogens with zero attached hydrogens (tertiary/aromatic N) is 3. The van der Waals surface area contributed by atoms with Crippen molar-refractivity contribution in [3.63, 3.8) is 0 Å². The fourth-order valence-electron chi connectivity index (χ4n) is 1.64. The maximum absolute atomic E-state index is 8.90. The lowest BCUT2D eigenvalue weighted by Gasteiger charge is -2.12. The second-order valence-corrected chi connectivity index (χ2v) is 4.96. The van der Waals surface area contributed by atoms with Crippen molar-refractivity contribution < 1.29 is 9.94 Å². The van der Waals surface area contributed by atoms with E-state index in [1.807, 2.05) is 25.1 Å². The molecule has 0 fully saturated rings. The van der Waals surface area contributed by atoms with Crippen molar-refractivity contribution in [2.45, 2.75) is 13.8 Å². The minimum atomic E-state index is -0.0671. The first-order valence-electron chi connectivity index (χ1n) is 5.78. The van der Waals surface area contributed by atoms with Crippen LogP contribution in [-0.2, 0) is 0 Å². The van der Waals surface area contributed by atoms with Gasteiger partial charge in [0.15, 0.2) is 5.84 Å². The summed E-state index contributed by atoms with van der Waals surface area (Å²) in [5.74, 6) is 0.690. The summed E-state index contributed by atoms with van der Waals surface area (Å²) >= 11 is 3.38. The zero-order valence-corrected chi connectivity index (χ0v) is 12.5. The molecule has 104 valence electrons. The third-order valence-electron chi connectivity index (χ3n) is 2.83. The van der Waals surface area contributed by atoms with Crippen LogP contribution in [0.15, 0.2) is 33.9 Å². The number of para-hydroxylation sites is 1. The van der Waals surface area contributed by atoms with Crippen LogP contribution < -0.4 is 10.5 Å². The molecule has 20 heavy (non-hydrogen) atoms. The van der Waals surface area contributed by atoms with E-state index < -0.39 is 0 Å². The first-order valence-corrected chi connectivity index (χ1v) is 6.58. The quantitative estimate of drug-likeness (QED) is 0.389.